The molecule has 0 saturated carbocycles. The fraction of sp³-hybridized carbons (Fsp3) is 0.0952. The third-order valence-corrected chi connectivity index (χ3v) is 6.93. The van der Waals surface area contributed by atoms with E-state index in [2.05, 4.69) is 9.93 Å². The molecule has 3 rings (SSSR count). The number of hydrazone groups is 1. The summed E-state index contributed by atoms with van der Waals surface area (Å²) >= 11 is 0. The van der Waals surface area contributed by atoms with Crippen LogP contribution in [0.4, 0.5) is 5.69 Å². The van der Waals surface area contributed by atoms with Crippen LogP contribution in [0.25, 0.3) is 0 Å². The van der Waals surface area contributed by atoms with E-state index in [4.69, 9.17) is 8.92 Å². The summed E-state index contributed by atoms with van der Waals surface area (Å²) in [6.07, 6.45) is 1.21. The Hall–Kier alpha value is -3.97. The lowest BCUT2D eigenvalue weighted by Gasteiger charge is -2.11. The highest BCUT2D eigenvalue weighted by Crippen LogP contribution is 2.30. The maximum absolute atomic E-state index is 12.5. The standard InChI is InChI=1S/C21H19N3O8S2/c1-15-3-8-18(9-4-15)33(27,28)23-22-14-16-5-12-20(21(13-16)31-2)32-34(29,30)19-10-6-17(7-11-19)24(25)26/h3-14,23H,1-2H3/b22-14-. The Kier molecular flexibility index (Phi) is 7.17. The summed E-state index contributed by atoms with van der Waals surface area (Å²) < 4.78 is 59.9. The highest BCUT2D eigenvalue weighted by molar-refractivity contribution is 7.89. The van der Waals surface area contributed by atoms with Crippen LogP contribution in [-0.4, -0.2) is 35.1 Å². The summed E-state index contributed by atoms with van der Waals surface area (Å²) in [4.78, 5) is 12.0. The minimum atomic E-state index is -4.30. The van der Waals surface area contributed by atoms with E-state index in [1.807, 2.05) is 6.92 Å². The average molecular weight is 506 g/mol. The summed E-state index contributed by atoms with van der Waals surface area (Å²) in [6, 6.07) is 14.6. The molecule has 0 amide bonds. The van der Waals surface area contributed by atoms with Crippen LogP contribution in [0.3, 0.4) is 0 Å². The number of nitrogens with one attached hydrogen (secondary N) is 1. The third-order valence-electron chi connectivity index (χ3n) is 4.44. The van der Waals surface area contributed by atoms with Crippen molar-refractivity contribution in [2.75, 3.05) is 7.11 Å². The van der Waals surface area contributed by atoms with Gasteiger partial charge in [0.2, 0.25) is 0 Å². The molecule has 0 aliphatic carbocycles. The molecule has 0 radical (unpaired) electrons. The number of ether oxygens (including phenoxy) is 1. The second kappa shape index (κ2) is 9.89. The zero-order valence-corrected chi connectivity index (χ0v) is 19.5. The van der Waals surface area contributed by atoms with E-state index in [1.54, 1.807) is 12.1 Å². The molecule has 0 aliphatic heterocycles. The van der Waals surface area contributed by atoms with Crippen molar-refractivity contribution in [3.05, 3.63) is 88.0 Å². The van der Waals surface area contributed by atoms with Crippen LogP contribution < -0.4 is 13.8 Å². The average Bonchev–Trinajstić information content (AvgIpc) is 2.80. The molecule has 11 nitrogen and oxygen atoms in total. The lowest BCUT2D eigenvalue weighted by molar-refractivity contribution is -0.384. The van der Waals surface area contributed by atoms with Gasteiger partial charge in [-0.1, -0.05) is 17.7 Å². The first kappa shape index (κ1) is 24.7. The van der Waals surface area contributed by atoms with E-state index in [1.165, 1.54) is 43.7 Å². The number of rotatable bonds is 9. The molecule has 3 aromatic rings. The van der Waals surface area contributed by atoms with Gasteiger partial charge in [-0.05, 0) is 55.0 Å². The Balaban J connectivity index is 1.76. The molecule has 0 aromatic heterocycles. The largest absolute Gasteiger partial charge is 0.493 e. The molecule has 178 valence electrons. The number of aryl methyl sites for hydroxylation is 1. The van der Waals surface area contributed by atoms with Crippen molar-refractivity contribution in [2.45, 2.75) is 16.7 Å². The number of nitrogens with zero attached hydrogens (tertiary/aromatic N) is 2. The van der Waals surface area contributed by atoms with E-state index in [0.29, 0.717) is 5.56 Å². The normalized spacial score (nSPS) is 11.8. The number of nitro groups is 1. The zero-order chi connectivity index (χ0) is 24.9. The molecule has 0 fully saturated rings. The van der Waals surface area contributed by atoms with Gasteiger partial charge in [-0.2, -0.15) is 21.9 Å². The van der Waals surface area contributed by atoms with Crippen LogP contribution in [0, 0.1) is 17.0 Å². The van der Waals surface area contributed by atoms with Crippen LogP contribution in [0.15, 0.2) is 81.6 Å². The van der Waals surface area contributed by atoms with E-state index in [0.717, 1.165) is 29.8 Å². The minimum Gasteiger partial charge on any atom is -0.493 e. The Morgan fingerprint density at radius 3 is 2.12 bits per heavy atom. The Labute approximate surface area is 196 Å². The molecule has 0 aliphatic rings. The maximum atomic E-state index is 12.5. The van der Waals surface area contributed by atoms with E-state index < -0.39 is 25.1 Å². The number of non-ortho nitro benzene ring substituents is 1. The van der Waals surface area contributed by atoms with Crippen LogP contribution in [0.5, 0.6) is 11.5 Å². The van der Waals surface area contributed by atoms with E-state index in [9.17, 15) is 26.9 Å². The first-order valence-electron chi connectivity index (χ1n) is 9.50. The maximum Gasteiger partial charge on any atom is 0.339 e. The number of benzene rings is 3. The topological polar surface area (TPSA) is 154 Å². The van der Waals surface area contributed by atoms with Crippen molar-refractivity contribution in [1.29, 1.82) is 0 Å². The highest BCUT2D eigenvalue weighted by Gasteiger charge is 2.20. The van der Waals surface area contributed by atoms with Crippen LogP contribution in [0.2, 0.25) is 0 Å². The van der Waals surface area contributed by atoms with Gasteiger partial charge < -0.3 is 8.92 Å². The number of hydrogen-bond donors (Lipinski definition) is 1. The van der Waals surface area contributed by atoms with Crippen LogP contribution in [0.1, 0.15) is 11.1 Å². The number of methoxy groups -OCH3 is 1. The Morgan fingerprint density at radius 1 is 0.912 bits per heavy atom. The van der Waals surface area contributed by atoms with Crippen LogP contribution >= 0.6 is 0 Å². The second-order valence-corrected chi connectivity index (χ2v) is 10.1. The predicted octanol–water partition coefficient (Wildman–Crippen LogP) is 2.99. The van der Waals surface area contributed by atoms with E-state index >= 15 is 0 Å². The SMILES string of the molecule is COc1cc(/C=N\NS(=O)(=O)c2ccc(C)cc2)ccc1OS(=O)(=O)c1ccc([N+](=O)[O-])cc1. The van der Waals surface area contributed by atoms with Crippen molar-refractivity contribution < 1.29 is 30.7 Å². The summed E-state index contributed by atoms with van der Waals surface area (Å²) in [7, 11) is -6.87. The zero-order valence-electron chi connectivity index (χ0n) is 17.9. The predicted molar refractivity (Wildman–Crippen MR) is 123 cm³/mol. The number of sulfonamides is 1. The molecule has 0 atom stereocenters. The molecule has 0 bridgehead atoms. The molecule has 0 saturated heterocycles. The molecular weight excluding hydrogens is 486 g/mol. The van der Waals surface area contributed by atoms with Crippen molar-refractivity contribution in [3.63, 3.8) is 0 Å². The summed E-state index contributed by atoms with van der Waals surface area (Å²) in [6.45, 7) is 1.83. The first-order chi connectivity index (χ1) is 16.0. The lowest BCUT2D eigenvalue weighted by Crippen LogP contribution is -2.18. The minimum absolute atomic E-state index is 0.0378. The third kappa shape index (κ3) is 5.88. The Morgan fingerprint density at radius 2 is 1.53 bits per heavy atom. The van der Waals surface area contributed by atoms with Crippen molar-refractivity contribution in [3.8, 4) is 11.5 Å². The van der Waals surface area contributed by atoms with Gasteiger partial charge in [0.1, 0.15) is 4.90 Å². The van der Waals surface area contributed by atoms with Crippen molar-refractivity contribution in [1.82, 2.24) is 4.83 Å². The van der Waals surface area contributed by atoms with Gasteiger partial charge in [-0.15, -0.1) is 0 Å². The van der Waals surface area contributed by atoms with Crippen molar-refractivity contribution >= 4 is 32.0 Å². The molecule has 1 N–H and O–H groups in total. The van der Waals surface area contributed by atoms with Gasteiger partial charge in [0.25, 0.3) is 15.7 Å². The second-order valence-electron chi connectivity index (χ2n) is 6.86. The quantitative estimate of drug-likeness (QED) is 0.201. The van der Waals surface area contributed by atoms with Crippen LogP contribution in [-0.2, 0) is 20.1 Å². The fourth-order valence-electron chi connectivity index (χ4n) is 2.67. The molecule has 0 heterocycles. The fourth-order valence-corrected chi connectivity index (χ4v) is 4.41. The molecule has 34 heavy (non-hydrogen) atoms. The molecule has 0 spiro atoms. The molecule has 0 unspecified atom stereocenters. The monoisotopic (exact) mass is 505 g/mol. The number of nitro benzene ring substituents is 1. The van der Waals surface area contributed by atoms with Gasteiger partial charge in [0.15, 0.2) is 11.5 Å². The van der Waals surface area contributed by atoms with Gasteiger partial charge in [0, 0.05) is 12.1 Å². The first-order valence-corrected chi connectivity index (χ1v) is 12.4. The smallest absolute Gasteiger partial charge is 0.339 e. The lowest BCUT2D eigenvalue weighted by atomic mass is 10.2. The van der Waals surface area contributed by atoms with Crippen molar-refractivity contribution in [2.24, 2.45) is 5.10 Å². The molecule has 3 aromatic carbocycles. The summed E-state index contributed by atoms with van der Waals surface area (Å²) in [5.74, 6) is -0.103. The highest BCUT2D eigenvalue weighted by atomic mass is 32.2. The van der Waals surface area contributed by atoms with E-state index in [-0.39, 0.29) is 27.0 Å². The number of hydrogen-bond acceptors (Lipinski definition) is 9. The molecular formula is C21H19N3O8S2. The van der Waals surface area contributed by atoms with Gasteiger partial charge in [-0.3, -0.25) is 10.1 Å². The summed E-state index contributed by atoms with van der Waals surface area (Å²) in [5.41, 5.74) is 1.04. The van der Waals surface area contributed by atoms with Gasteiger partial charge >= 0.3 is 10.1 Å². The summed E-state index contributed by atoms with van der Waals surface area (Å²) in [5, 5.41) is 14.5. The van der Waals surface area contributed by atoms with Gasteiger partial charge in [-0.25, -0.2) is 4.83 Å². The Bertz CT molecular complexity index is 1430. The van der Waals surface area contributed by atoms with Gasteiger partial charge in [0.05, 0.1) is 23.1 Å². The molecule has 13 heteroatoms.